The van der Waals surface area contributed by atoms with E-state index in [4.69, 9.17) is 0 Å². The molecule has 6 nitrogen and oxygen atoms in total. The molecule has 0 fully saturated rings. The molecule has 0 atom stereocenters. The van der Waals surface area contributed by atoms with Gasteiger partial charge < -0.3 is 4.98 Å². The molecule has 0 radical (unpaired) electrons. The van der Waals surface area contributed by atoms with Crippen molar-refractivity contribution < 1.29 is 4.39 Å². The fraction of sp³-hybridized carbons (Fsp3) is 0. The highest BCUT2D eigenvalue weighted by molar-refractivity contribution is 6.00. The Balaban J connectivity index is 1.53. The maximum absolute atomic E-state index is 14.4. The molecule has 4 aromatic heterocycles. The number of fused-ring (bicyclic) bond motifs is 2. The van der Waals surface area contributed by atoms with Crippen LogP contribution in [-0.2, 0) is 0 Å². The SMILES string of the molecule is Fc1ccccc1-c1nccc2[nH]c(-c3n[nH]c4ccc(-c5cnccn5)cc34)cc12. The van der Waals surface area contributed by atoms with Crippen LogP contribution in [0, 0.1) is 5.82 Å². The lowest BCUT2D eigenvalue weighted by Gasteiger charge is -2.03. The number of rotatable bonds is 3. The summed E-state index contributed by atoms with van der Waals surface area (Å²) in [7, 11) is 0. The Hall–Kier alpha value is -4.39. The highest BCUT2D eigenvalue weighted by Crippen LogP contribution is 2.34. The number of aromatic amines is 2. The van der Waals surface area contributed by atoms with Crippen molar-refractivity contribution in [2.24, 2.45) is 0 Å². The molecule has 7 heteroatoms. The van der Waals surface area contributed by atoms with E-state index in [1.54, 1.807) is 36.9 Å². The van der Waals surface area contributed by atoms with Gasteiger partial charge in [-0.2, -0.15) is 5.10 Å². The van der Waals surface area contributed by atoms with Gasteiger partial charge in [-0.3, -0.25) is 20.1 Å². The monoisotopic (exact) mass is 406 g/mol. The molecule has 0 saturated carbocycles. The van der Waals surface area contributed by atoms with Gasteiger partial charge in [-0.15, -0.1) is 0 Å². The number of hydrogen-bond acceptors (Lipinski definition) is 4. The van der Waals surface area contributed by atoms with Crippen molar-refractivity contribution in [1.82, 2.24) is 30.1 Å². The van der Waals surface area contributed by atoms with Crippen LogP contribution in [0.5, 0.6) is 0 Å². The first-order valence-corrected chi connectivity index (χ1v) is 9.75. The van der Waals surface area contributed by atoms with Crippen molar-refractivity contribution in [3.63, 3.8) is 0 Å². The molecule has 6 rings (SSSR count). The van der Waals surface area contributed by atoms with Crippen LogP contribution in [0.2, 0.25) is 0 Å². The average Bonchev–Trinajstić information content (AvgIpc) is 3.43. The molecule has 0 saturated heterocycles. The van der Waals surface area contributed by atoms with Crippen LogP contribution in [0.4, 0.5) is 4.39 Å². The van der Waals surface area contributed by atoms with E-state index in [1.807, 2.05) is 36.4 Å². The van der Waals surface area contributed by atoms with Crippen molar-refractivity contribution >= 4 is 21.8 Å². The molecule has 6 aromatic rings. The summed E-state index contributed by atoms with van der Waals surface area (Å²) in [6.45, 7) is 0. The maximum atomic E-state index is 14.4. The zero-order valence-corrected chi connectivity index (χ0v) is 16.2. The lowest BCUT2D eigenvalue weighted by Crippen LogP contribution is -1.87. The van der Waals surface area contributed by atoms with Crippen LogP contribution >= 0.6 is 0 Å². The van der Waals surface area contributed by atoms with Crippen LogP contribution in [-0.4, -0.2) is 30.1 Å². The minimum Gasteiger partial charge on any atom is -0.353 e. The minimum absolute atomic E-state index is 0.302. The quantitative estimate of drug-likeness (QED) is 0.414. The summed E-state index contributed by atoms with van der Waals surface area (Å²) in [6, 6.07) is 16.5. The van der Waals surface area contributed by atoms with Crippen LogP contribution in [0.25, 0.3) is 55.7 Å². The molecule has 0 unspecified atom stereocenters. The third-order valence-electron chi connectivity index (χ3n) is 5.35. The van der Waals surface area contributed by atoms with Crippen LogP contribution in [0.3, 0.4) is 0 Å². The molecule has 4 heterocycles. The van der Waals surface area contributed by atoms with E-state index in [9.17, 15) is 4.39 Å². The summed E-state index contributed by atoms with van der Waals surface area (Å²) in [4.78, 5) is 16.4. The summed E-state index contributed by atoms with van der Waals surface area (Å²) in [5, 5.41) is 9.40. The van der Waals surface area contributed by atoms with E-state index in [1.165, 1.54) is 6.07 Å². The summed E-state index contributed by atoms with van der Waals surface area (Å²) in [5.41, 5.74) is 6.18. The van der Waals surface area contributed by atoms with E-state index in [-0.39, 0.29) is 5.82 Å². The minimum atomic E-state index is -0.302. The predicted molar refractivity (Wildman–Crippen MR) is 118 cm³/mol. The fourth-order valence-electron chi connectivity index (χ4n) is 3.88. The molecule has 0 amide bonds. The van der Waals surface area contributed by atoms with E-state index >= 15 is 0 Å². The molecule has 148 valence electrons. The van der Waals surface area contributed by atoms with Gasteiger partial charge in [0.05, 0.1) is 28.8 Å². The normalized spacial score (nSPS) is 11.4. The topological polar surface area (TPSA) is 83.1 Å². The first-order chi connectivity index (χ1) is 15.3. The largest absolute Gasteiger partial charge is 0.353 e. The third-order valence-corrected chi connectivity index (χ3v) is 5.35. The Kier molecular flexibility index (Phi) is 3.86. The van der Waals surface area contributed by atoms with E-state index in [0.717, 1.165) is 44.5 Å². The van der Waals surface area contributed by atoms with Crippen LogP contribution < -0.4 is 0 Å². The van der Waals surface area contributed by atoms with E-state index in [0.29, 0.717) is 11.3 Å². The second-order valence-corrected chi connectivity index (χ2v) is 7.21. The molecule has 0 bridgehead atoms. The predicted octanol–water partition coefficient (Wildman–Crippen LogP) is 5.37. The Bertz CT molecular complexity index is 1550. The number of H-pyrrole nitrogens is 2. The summed E-state index contributed by atoms with van der Waals surface area (Å²) in [5.74, 6) is -0.302. The molecule has 2 aromatic carbocycles. The standard InChI is InChI=1S/C24H15FN6/c25-18-4-2-1-3-15(18)23-17-12-21(29-19(17)7-8-28-23)24-16-11-14(5-6-20(16)30-31-24)22-13-26-9-10-27-22/h1-13,29H,(H,30,31). The van der Waals surface area contributed by atoms with Crippen molar-refractivity contribution in [3.8, 4) is 33.9 Å². The maximum Gasteiger partial charge on any atom is 0.132 e. The third kappa shape index (κ3) is 2.86. The lowest BCUT2D eigenvalue weighted by atomic mass is 10.1. The van der Waals surface area contributed by atoms with E-state index in [2.05, 4.69) is 30.1 Å². The summed E-state index contributed by atoms with van der Waals surface area (Å²) < 4.78 is 14.4. The van der Waals surface area contributed by atoms with E-state index < -0.39 is 0 Å². The van der Waals surface area contributed by atoms with Crippen molar-refractivity contribution in [3.05, 3.63) is 85.2 Å². The number of nitrogens with one attached hydrogen (secondary N) is 2. The fourth-order valence-corrected chi connectivity index (χ4v) is 3.88. The van der Waals surface area contributed by atoms with Gasteiger partial charge in [-0.1, -0.05) is 18.2 Å². The molecular weight excluding hydrogens is 391 g/mol. The molecule has 0 aliphatic carbocycles. The highest BCUT2D eigenvalue weighted by atomic mass is 19.1. The Morgan fingerprint density at radius 3 is 2.55 bits per heavy atom. The molecule has 0 aliphatic heterocycles. The second-order valence-electron chi connectivity index (χ2n) is 7.21. The smallest absolute Gasteiger partial charge is 0.132 e. The van der Waals surface area contributed by atoms with Gasteiger partial charge >= 0.3 is 0 Å². The zero-order chi connectivity index (χ0) is 20.8. The number of hydrogen-bond donors (Lipinski definition) is 2. The number of benzene rings is 2. The van der Waals surface area contributed by atoms with Crippen LogP contribution in [0.1, 0.15) is 0 Å². The first-order valence-electron chi connectivity index (χ1n) is 9.75. The zero-order valence-electron chi connectivity index (χ0n) is 16.2. The number of nitrogens with zero attached hydrogens (tertiary/aromatic N) is 4. The molecule has 0 aliphatic rings. The van der Waals surface area contributed by atoms with Gasteiger partial charge in [-0.05, 0) is 36.4 Å². The Labute approximate surface area is 175 Å². The number of pyridine rings is 1. The molecular formula is C24H15FN6. The van der Waals surface area contributed by atoms with Gasteiger partial charge in [0.15, 0.2) is 0 Å². The van der Waals surface area contributed by atoms with Crippen molar-refractivity contribution in [1.29, 1.82) is 0 Å². The van der Waals surface area contributed by atoms with Gasteiger partial charge in [0.25, 0.3) is 0 Å². The Morgan fingerprint density at radius 2 is 1.68 bits per heavy atom. The number of aromatic nitrogens is 6. The highest BCUT2D eigenvalue weighted by Gasteiger charge is 2.16. The van der Waals surface area contributed by atoms with Crippen molar-refractivity contribution in [2.75, 3.05) is 0 Å². The van der Waals surface area contributed by atoms with Gasteiger partial charge in [0.2, 0.25) is 0 Å². The number of halogens is 1. The van der Waals surface area contributed by atoms with Gasteiger partial charge in [-0.25, -0.2) is 4.39 Å². The average molecular weight is 406 g/mol. The second kappa shape index (κ2) is 6.84. The van der Waals surface area contributed by atoms with Crippen molar-refractivity contribution in [2.45, 2.75) is 0 Å². The Morgan fingerprint density at radius 1 is 0.774 bits per heavy atom. The lowest BCUT2D eigenvalue weighted by molar-refractivity contribution is 0.631. The summed E-state index contributed by atoms with van der Waals surface area (Å²) in [6.07, 6.45) is 6.73. The molecule has 2 N–H and O–H groups in total. The van der Waals surface area contributed by atoms with Crippen LogP contribution in [0.15, 0.2) is 79.4 Å². The van der Waals surface area contributed by atoms with Gasteiger partial charge in [0, 0.05) is 46.0 Å². The van der Waals surface area contributed by atoms with Gasteiger partial charge in [0.1, 0.15) is 11.5 Å². The first kappa shape index (κ1) is 17.5. The molecule has 31 heavy (non-hydrogen) atoms. The summed E-state index contributed by atoms with van der Waals surface area (Å²) >= 11 is 0. The molecule has 0 spiro atoms.